The van der Waals surface area contributed by atoms with Crippen molar-refractivity contribution in [3.63, 3.8) is 0 Å². The van der Waals surface area contributed by atoms with Crippen molar-refractivity contribution in [3.05, 3.63) is 29.3 Å². The molecule has 0 saturated carbocycles. The molecule has 1 atom stereocenters. The molecule has 1 rings (SSSR count). The highest BCUT2D eigenvalue weighted by atomic mass is 35.5. The van der Waals surface area contributed by atoms with Crippen LogP contribution in [0.4, 0.5) is 0 Å². The van der Waals surface area contributed by atoms with E-state index >= 15 is 0 Å². The largest absolute Gasteiger partial charge is 0.396 e. The molecule has 16 heavy (non-hydrogen) atoms. The SMILES string of the molecule is C[C@H](CO)CNS(=O)(=O)c1ccccc1Cl. The van der Waals surface area contributed by atoms with Crippen LogP contribution in [0.5, 0.6) is 0 Å². The van der Waals surface area contributed by atoms with Crippen LogP contribution >= 0.6 is 11.6 Å². The Morgan fingerprint density at radius 1 is 1.44 bits per heavy atom. The molecule has 0 spiro atoms. The average molecular weight is 264 g/mol. The summed E-state index contributed by atoms with van der Waals surface area (Å²) in [6, 6.07) is 6.23. The molecule has 90 valence electrons. The minimum Gasteiger partial charge on any atom is -0.396 e. The minimum absolute atomic E-state index is 0.0572. The summed E-state index contributed by atoms with van der Waals surface area (Å²) in [5, 5.41) is 8.98. The second-order valence-corrected chi connectivity index (χ2v) is 5.71. The van der Waals surface area contributed by atoms with Gasteiger partial charge in [-0.15, -0.1) is 0 Å². The van der Waals surface area contributed by atoms with Crippen LogP contribution in [0.1, 0.15) is 6.92 Å². The molecule has 0 fully saturated rings. The van der Waals surface area contributed by atoms with E-state index in [2.05, 4.69) is 4.72 Å². The Morgan fingerprint density at radius 3 is 2.62 bits per heavy atom. The Labute approximate surface area is 100 Å². The highest BCUT2D eigenvalue weighted by Gasteiger charge is 2.17. The molecule has 6 heteroatoms. The molecule has 0 amide bonds. The van der Waals surface area contributed by atoms with Crippen molar-refractivity contribution < 1.29 is 13.5 Å². The van der Waals surface area contributed by atoms with Crippen LogP contribution in [0, 0.1) is 5.92 Å². The number of sulfonamides is 1. The molecule has 0 aliphatic heterocycles. The van der Waals surface area contributed by atoms with E-state index in [1.54, 1.807) is 19.1 Å². The van der Waals surface area contributed by atoms with Crippen LogP contribution in [0.2, 0.25) is 5.02 Å². The van der Waals surface area contributed by atoms with E-state index in [-0.39, 0.29) is 29.0 Å². The lowest BCUT2D eigenvalue weighted by Gasteiger charge is -2.11. The summed E-state index contributed by atoms with van der Waals surface area (Å²) in [4.78, 5) is 0.0572. The number of hydrogen-bond acceptors (Lipinski definition) is 3. The van der Waals surface area contributed by atoms with Gasteiger partial charge in [0.1, 0.15) is 4.90 Å². The molecule has 4 nitrogen and oxygen atoms in total. The number of halogens is 1. The van der Waals surface area contributed by atoms with Crippen LogP contribution in [0.25, 0.3) is 0 Å². The lowest BCUT2D eigenvalue weighted by molar-refractivity contribution is 0.238. The van der Waals surface area contributed by atoms with Crippen molar-refractivity contribution in [2.45, 2.75) is 11.8 Å². The first kappa shape index (κ1) is 13.4. The van der Waals surface area contributed by atoms with Crippen molar-refractivity contribution >= 4 is 21.6 Å². The van der Waals surface area contributed by atoms with E-state index in [1.807, 2.05) is 0 Å². The predicted octanol–water partition coefficient (Wildman–Crippen LogP) is 1.25. The van der Waals surface area contributed by atoms with Gasteiger partial charge < -0.3 is 5.11 Å². The van der Waals surface area contributed by atoms with Gasteiger partial charge in [0.05, 0.1) is 5.02 Å². The molecule has 0 aliphatic rings. The fourth-order valence-electron chi connectivity index (χ4n) is 1.06. The molecule has 1 aromatic carbocycles. The molecule has 0 saturated heterocycles. The standard InChI is InChI=1S/C10H14ClNO3S/c1-8(7-13)6-12-16(14,15)10-5-3-2-4-9(10)11/h2-5,8,12-13H,6-7H2,1H3/t8-/m0/s1. The number of aliphatic hydroxyl groups is 1. The summed E-state index contributed by atoms with van der Waals surface area (Å²) < 4.78 is 26.0. The second kappa shape index (κ2) is 5.63. The lowest BCUT2D eigenvalue weighted by Crippen LogP contribution is -2.29. The highest BCUT2D eigenvalue weighted by molar-refractivity contribution is 7.89. The van der Waals surface area contributed by atoms with Crippen molar-refractivity contribution in [1.82, 2.24) is 4.72 Å². The highest BCUT2D eigenvalue weighted by Crippen LogP contribution is 2.20. The molecule has 1 aromatic rings. The van der Waals surface area contributed by atoms with E-state index in [0.29, 0.717) is 0 Å². The van der Waals surface area contributed by atoms with Crippen LogP contribution in [0.3, 0.4) is 0 Å². The summed E-state index contributed by atoms with van der Waals surface area (Å²) in [6.07, 6.45) is 0. The van der Waals surface area contributed by atoms with Crippen LogP contribution in [-0.2, 0) is 10.0 Å². The van der Waals surface area contributed by atoms with Gasteiger partial charge >= 0.3 is 0 Å². The van der Waals surface area contributed by atoms with Crippen molar-refractivity contribution in [1.29, 1.82) is 0 Å². The van der Waals surface area contributed by atoms with Gasteiger partial charge in [0.25, 0.3) is 0 Å². The Morgan fingerprint density at radius 2 is 2.06 bits per heavy atom. The predicted molar refractivity (Wildman–Crippen MR) is 62.9 cm³/mol. The fraction of sp³-hybridized carbons (Fsp3) is 0.400. The van der Waals surface area contributed by atoms with Gasteiger partial charge in [-0.1, -0.05) is 30.7 Å². The topological polar surface area (TPSA) is 66.4 Å². The van der Waals surface area contributed by atoms with Crippen molar-refractivity contribution in [3.8, 4) is 0 Å². The summed E-state index contributed by atoms with van der Waals surface area (Å²) in [6.45, 7) is 1.87. The van der Waals surface area contributed by atoms with Crippen molar-refractivity contribution in [2.24, 2.45) is 5.92 Å². The Kier molecular flexibility index (Phi) is 4.73. The van der Waals surface area contributed by atoms with Crippen LogP contribution in [0.15, 0.2) is 29.2 Å². The van der Waals surface area contributed by atoms with E-state index in [4.69, 9.17) is 16.7 Å². The summed E-state index contributed by atoms with van der Waals surface area (Å²) in [5.41, 5.74) is 0. The molecule has 0 radical (unpaired) electrons. The van der Waals surface area contributed by atoms with Gasteiger partial charge in [-0.2, -0.15) is 0 Å². The van der Waals surface area contributed by atoms with Crippen molar-refractivity contribution in [2.75, 3.05) is 13.2 Å². The number of benzene rings is 1. The monoisotopic (exact) mass is 263 g/mol. The third kappa shape index (κ3) is 3.45. The number of rotatable bonds is 5. The Bertz CT molecular complexity index is 447. The molecule has 0 heterocycles. The first-order valence-corrected chi connectivity index (χ1v) is 6.68. The maximum Gasteiger partial charge on any atom is 0.242 e. The maximum atomic E-state index is 11.8. The number of nitrogens with one attached hydrogen (secondary N) is 1. The summed E-state index contributed by atoms with van der Waals surface area (Å²) in [7, 11) is -3.59. The second-order valence-electron chi connectivity index (χ2n) is 3.57. The van der Waals surface area contributed by atoms with Crippen LogP contribution in [-0.4, -0.2) is 26.7 Å². The molecule has 0 bridgehead atoms. The fourth-order valence-corrected chi connectivity index (χ4v) is 2.74. The number of hydrogen-bond donors (Lipinski definition) is 2. The van der Waals surface area contributed by atoms with Gasteiger partial charge in [0.2, 0.25) is 10.0 Å². The summed E-state index contributed by atoms with van der Waals surface area (Å²) >= 11 is 5.79. The van der Waals surface area contributed by atoms with E-state index < -0.39 is 10.0 Å². The minimum atomic E-state index is -3.59. The average Bonchev–Trinajstić information content (AvgIpc) is 2.26. The zero-order chi connectivity index (χ0) is 12.2. The third-order valence-corrected chi connectivity index (χ3v) is 3.98. The third-order valence-electron chi connectivity index (χ3n) is 2.06. The molecule has 2 N–H and O–H groups in total. The quantitative estimate of drug-likeness (QED) is 0.840. The summed E-state index contributed by atoms with van der Waals surface area (Å²) in [5.74, 6) is -0.128. The number of aliphatic hydroxyl groups excluding tert-OH is 1. The van der Waals surface area contributed by atoms with Gasteiger partial charge in [-0.3, -0.25) is 0 Å². The zero-order valence-electron chi connectivity index (χ0n) is 8.85. The molecule has 0 unspecified atom stereocenters. The van der Waals surface area contributed by atoms with Gasteiger partial charge in [0, 0.05) is 13.2 Å². The van der Waals surface area contributed by atoms with E-state index in [0.717, 1.165) is 0 Å². The van der Waals surface area contributed by atoms with Gasteiger partial charge in [-0.25, -0.2) is 13.1 Å². The zero-order valence-corrected chi connectivity index (χ0v) is 10.4. The van der Waals surface area contributed by atoms with E-state index in [9.17, 15) is 8.42 Å². The Hall–Kier alpha value is -0.620. The smallest absolute Gasteiger partial charge is 0.242 e. The van der Waals surface area contributed by atoms with Gasteiger partial charge in [-0.05, 0) is 18.1 Å². The molecular weight excluding hydrogens is 250 g/mol. The van der Waals surface area contributed by atoms with Gasteiger partial charge in [0.15, 0.2) is 0 Å². The van der Waals surface area contributed by atoms with E-state index in [1.165, 1.54) is 12.1 Å². The first-order valence-electron chi connectivity index (χ1n) is 4.82. The van der Waals surface area contributed by atoms with Crippen LogP contribution < -0.4 is 4.72 Å². The molecule has 0 aromatic heterocycles. The first-order chi connectivity index (χ1) is 7.47. The molecular formula is C10H14ClNO3S. The normalized spacial score (nSPS) is 13.7. The maximum absolute atomic E-state index is 11.8. The Balaban J connectivity index is 2.83. The molecule has 0 aliphatic carbocycles. The lowest BCUT2D eigenvalue weighted by atomic mass is 10.2.